The summed E-state index contributed by atoms with van der Waals surface area (Å²) in [5.41, 5.74) is 1.38. The Hall–Kier alpha value is -2.03. The van der Waals surface area contributed by atoms with Crippen LogP contribution in [-0.4, -0.2) is 32.7 Å². The van der Waals surface area contributed by atoms with Crippen LogP contribution < -0.4 is 4.84 Å². The first kappa shape index (κ1) is 18.5. The van der Waals surface area contributed by atoms with Crippen molar-refractivity contribution in [1.29, 1.82) is 0 Å². The summed E-state index contributed by atoms with van der Waals surface area (Å²) in [5.74, 6) is 0.819. The lowest BCUT2D eigenvalue weighted by atomic mass is 9.53. The molecule has 1 aromatic carbocycles. The Morgan fingerprint density at radius 1 is 1.00 bits per heavy atom. The first-order chi connectivity index (χ1) is 15.1. The molecule has 6 fully saturated rings. The molecule has 8 nitrogen and oxygen atoms in total. The van der Waals surface area contributed by atoms with Crippen LogP contribution in [-0.2, 0) is 19.3 Å². The topological polar surface area (TPSA) is 84.7 Å². The Kier molecular flexibility index (Phi) is 3.88. The number of hydrogen-bond donors (Lipinski definition) is 0. The van der Waals surface area contributed by atoms with Crippen molar-refractivity contribution in [1.82, 2.24) is 15.2 Å². The van der Waals surface area contributed by atoms with Crippen LogP contribution in [0.25, 0.3) is 11.0 Å². The van der Waals surface area contributed by atoms with Gasteiger partial charge in [0.25, 0.3) is 0 Å². The van der Waals surface area contributed by atoms with Crippen molar-refractivity contribution in [2.45, 2.75) is 69.4 Å². The fraction of sp³-hybridized carbons (Fsp3) is 0.696. The molecule has 2 heterocycles. The van der Waals surface area contributed by atoms with E-state index in [1.807, 2.05) is 24.3 Å². The van der Waals surface area contributed by atoms with Crippen molar-refractivity contribution in [3.63, 3.8) is 0 Å². The van der Waals surface area contributed by atoms with Gasteiger partial charge in [-0.1, -0.05) is 17.0 Å². The van der Waals surface area contributed by atoms with Crippen LogP contribution in [0.3, 0.4) is 0 Å². The number of ether oxygens (including phenoxy) is 1. The van der Waals surface area contributed by atoms with E-state index < -0.39 is 11.6 Å². The van der Waals surface area contributed by atoms with Crippen molar-refractivity contribution in [3.05, 3.63) is 24.3 Å². The van der Waals surface area contributed by atoms with Crippen LogP contribution >= 0.6 is 0 Å². The molecule has 5 aliphatic carbocycles. The van der Waals surface area contributed by atoms with Gasteiger partial charge >= 0.3 is 5.97 Å². The zero-order valence-corrected chi connectivity index (χ0v) is 17.4. The molecule has 5 saturated carbocycles. The minimum Gasteiger partial charge on any atom is -0.317 e. The number of fused-ring (bicyclic) bond motifs is 1. The molecule has 2 aromatic rings. The maximum Gasteiger partial charge on any atom is 0.338 e. The summed E-state index contributed by atoms with van der Waals surface area (Å²) in [4.78, 5) is 31.6. The van der Waals surface area contributed by atoms with Crippen molar-refractivity contribution in [2.75, 3.05) is 0 Å². The highest BCUT2D eigenvalue weighted by atomic mass is 17.3. The average Bonchev–Trinajstić information content (AvgIpc) is 3.35. The molecule has 8 rings (SSSR count). The number of nitrogens with zero attached hydrogens (tertiary/aromatic N) is 3. The maximum atomic E-state index is 12.8. The Balaban J connectivity index is 1.03. The molecule has 6 aliphatic rings. The predicted molar refractivity (Wildman–Crippen MR) is 107 cm³/mol. The summed E-state index contributed by atoms with van der Waals surface area (Å²) < 4.78 is 6.72. The molecule has 164 valence electrons. The third-order valence-electron chi connectivity index (χ3n) is 8.52. The lowest BCUT2D eigenvalue weighted by Crippen LogP contribution is -2.59. The molecule has 0 unspecified atom stereocenters. The minimum atomic E-state index is -0.716. The van der Waals surface area contributed by atoms with Gasteiger partial charge in [0.05, 0.1) is 5.92 Å². The molecule has 4 bridgehead atoms. The van der Waals surface area contributed by atoms with Crippen molar-refractivity contribution < 1.29 is 24.1 Å². The highest BCUT2D eigenvalue weighted by molar-refractivity contribution is 5.76. The van der Waals surface area contributed by atoms with Crippen LogP contribution in [0.1, 0.15) is 57.8 Å². The third kappa shape index (κ3) is 2.74. The number of carbonyl (C=O) groups is 1. The first-order valence-electron chi connectivity index (χ1n) is 11.7. The second kappa shape index (κ2) is 6.49. The number of benzene rings is 1. The Bertz CT molecular complexity index is 999. The zero-order chi connectivity index (χ0) is 20.6. The van der Waals surface area contributed by atoms with Gasteiger partial charge in [0.1, 0.15) is 11.0 Å². The fourth-order valence-electron chi connectivity index (χ4n) is 7.16. The number of carbonyl (C=O) groups excluding carboxylic acids is 1. The summed E-state index contributed by atoms with van der Waals surface area (Å²) in [5, 5.41) is 7.99. The number of para-hydroxylation sites is 1. The number of hydrogen-bond acceptors (Lipinski definition) is 7. The standard InChI is InChI=1S/C23H27N3O5/c27-21(28-26-20-4-2-1-3-19(20)24-25-26)16-5-7-22(8-6-16)29-23(31-30-22)17-10-14-9-15(12-17)13-18(23)11-14/h1-4,14-18H,5-13H2. The van der Waals surface area contributed by atoms with E-state index in [0.29, 0.717) is 48.6 Å². The normalized spacial score (nSPS) is 43.3. The van der Waals surface area contributed by atoms with E-state index in [9.17, 15) is 4.79 Å². The van der Waals surface area contributed by atoms with Crippen molar-refractivity contribution in [2.24, 2.45) is 29.6 Å². The van der Waals surface area contributed by atoms with Gasteiger partial charge in [-0.2, -0.15) is 9.78 Å². The van der Waals surface area contributed by atoms with Gasteiger partial charge in [0, 0.05) is 24.7 Å². The van der Waals surface area contributed by atoms with Crippen LogP contribution in [0.5, 0.6) is 0 Å². The van der Waals surface area contributed by atoms with Gasteiger partial charge in [0.15, 0.2) is 0 Å². The van der Waals surface area contributed by atoms with E-state index in [1.165, 1.54) is 36.9 Å². The van der Waals surface area contributed by atoms with Crippen LogP contribution in [0.2, 0.25) is 0 Å². The Morgan fingerprint density at radius 2 is 1.71 bits per heavy atom. The van der Waals surface area contributed by atoms with E-state index in [1.54, 1.807) is 0 Å². The summed E-state index contributed by atoms with van der Waals surface area (Å²) in [6.07, 6.45) is 8.76. The Morgan fingerprint density at radius 3 is 2.45 bits per heavy atom. The quantitative estimate of drug-likeness (QED) is 0.538. The molecule has 1 aromatic heterocycles. The van der Waals surface area contributed by atoms with E-state index in [0.717, 1.165) is 11.8 Å². The van der Waals surface area contributed by atoms with E-state index in [-0.39, 0.29) is 11.9 Å². The summed E-state index contributed by atoms with van der Waals surface area (Å²) >= 11 is 0. The second-order valence-electron chi connectivity index (χ2n) is 10.3. The minimum absolute atomic E-state index is 0.212. The van der Waals surface area contributed by atoms with Crippen LogP contribution in [0, 0.1) is 29.6 Å². The van der Waals surface area contributed by atoms with Gasteiger partial charge in [0.2, 0.25) is 11.6 Å². The fourth-order valence-corrected chi connectivity index (χ4v) is 7.16. The van der Waals surface area contributed by atoms with Gasteiger partial charge in [-0.3, -0.25) is 0 Å². The second-order valence-corrected chi connectivity index (χ2v) is 10.3. The maximum absolute atomic E-state index is 12.8. The molecule has 31 heavy (non-hydrogen) atoms. The summed E-state index contributed by atoms with van der Waals surface area (Å²) in [6.45, 7) is 0. The monoisotopic (exact) mass is 425 g/mol. The molecule has 0 amide bonds. The number of aromatic nitrogens is 3. The average molecular weight is 425 g/mol. The molecule has 2 spiro atoms. The molecule has 0 atom stereocenters. The molecule has 1 saturated heterocycles. The van der Waals surface area contributed by atoms with Gasteiger partial charge < -0.3 is 9.57 Å². The highest BCUT2D eigenvalue weighted by Gasteiger charge is 2.66. The van der Waals surface area contributed by atoms with E-state index in [2.05, 4.69) is 10.3 Å². The molecule has 8 heteroatoms. The zero-order valence-electron chi connectivity index (χ0n) is 17.4. The molecular formula is C23H27N3O5. The van der Waals surface area contributed by atoms with E-state index in [4.69, 9.17) is 19.3 Å². The highest BCUT2D eigenvalue weighted by Crippen LogP contribution is 2.63. The molecular weight excluding hydrogens is 398 g/mol. The molecule has 1 aliphatic heterocycles. The smallest absolute Gasteiger partial charge is 0.317 e. The van der Waals surface area contributed by atoms with Gasteiger partial charge in [-0.25, -0.2) is 4.79 Å². The predicted octanol–water partition coefficient (Wildman–Crippen LogP) is 3.40. The molecule has 0 N–H and O–H groups in total. The van der Waals surface area contributed by atoms with Crippen molar-refractivity contribution in [3.8, 4) is 0 Å². The Labute approximate surface area is 180 Å². The summed E-state index contributed by atoms with van der Waals surface area (Å²) in [6, 6.07) is 7.42. The lowest BCUT2D eigenvalue weighted by molar-refractivity contribution is -0.390. The largest absolute Gasteiger partial charge is 0.338 e. The third-order valence-corrected chi connectivity index (χ3v) is 8.52. The van der Waals surface area contributed by atoms with E-state index >= 15 is 0 Å². The van der Waals surface area contributed by atoms with Gasteiger partial charge in [-0.05, 0) is 74.1 Å². The van der Waals surface area contributed by atoms with Gasteiger partial charge in [-0.15, -0.1) is 5.10 Å². The molecule has 0 radical (unpaired) electrons. The summed E-state index contributed by atoms with van der Waals surface area (Å²) in [7, 11) is 0. The van der Waals surface area contributed by atoms with Crippen LogP contribution in [0.15, 0.2) is 24.3 Å². The first-order valence-corrected chi connectivity index (χ1v) is 11.7. The number of rotatable bonds is 2. The van der Waals surface area contributed by atoms with Crippen LogP contribution in [0.4, 0.5) is 0 Å². The van der Waals surface area contributed by atoms with Crippen molar-refractivity contribution >= 4 is 17.0 Å². The SMILES string of the molecule is O=C(On1nnc2ccccc21)C1CCC2(CC1)OOC1(O2)C2CC3CC(C2)CC1C3. The lowest BCUT2D eigenvalue weighted by Gasteiger charge is -2.57.